The highest BCUT2D eigenvalue weighted by molar-refractivity contribution is 5.90. The Bertz CT molecular complexity index is 1630. The molecule has 2 spiro atoms. The van der Waals surface area contributed by atoms with Gasteiger partial charge in [0.15, 0.2) is 6.10 Å². The van der Waals surface area contributed by atoms with E-state index in [4.69, 9.17) is 33.2 Å². The van der Waals surface area contributed by atoms with Gasteiger partial charge in [0.05, 0.1) is 29.4 Å². The monoisotopic (exact) mass is 662 g/mol. The third-order valence-corrected chi connectivity index (χ3v) is 11.8. The van der Waals surface area contributed by atoms with Crippen LogP contribution in [-0.2, 0) is 47.5 Å². The Kier molecular flexibility index (Phi) is 7.58. The van der Waals surface area contributed by atoms with Crippen LogP contribution in [0.2, 0.25) is 0 Å². The molecule has 2 aliphatic carbocycles. The Morgan fingerprint density at radius 1 is 0.958 bits per heavy atom. The average Bonchev–Trinajstić information content (AvgIpc) is 3.75. The van der Waals surface area contributed by atoms with Gasteiger partial charge in [0.1, 0.15) is 17.8 Å². The molecule has 0 aromatic heterocycles. The van der Waals surface area contributed by atoms with E-state index in [9.17, 15) is 19.2 Å². The number of esters is 4. The quantitative estimate of drug-likeness (QED) is 0.302. The summed E-state index contributed by atoms with van der Waals surface area (Å²) in [6.45, 7) is 9.10. The van der Waals surface area contributed by atoms with E-state index in [1.807, 2.05) is 63.2 Å². The number of hydrogen-bond donors (Lipinski definition) is 0. The minimum atomic E-state index is -1.48. The Morgan fingerprint density at radius 2 is 1.62 bits per heavy atom. The minimum absolute atomic E-state index is 0.287. The van der Waals surface area contributed by atoms with E-state index in [2.05, 4.69) is 0 Å². The highest BCUT2D eigenvalue weighted by atomic mass is 16.8. The number of ether oxygens (including phenoxy) is 7. The second-order valence-electron chi connectivity index (χ2n) is 14.8. The van der Waals surface area contributed by atoms with Crippen LogP contribution >= 0.6 is 0 Å². The molecule has 256 valence electrons. The first-order valence-electron chi connectivity index (χ1n) is 16.5. The van der Waals surface area contributed by atoms with Crippen molar-refractivity contribution in [1.82, 2.24) is 0 Å². The van der Waals surface area contributed by atoms with Gasteiger partial charge >= 0.3 is 23.9 Å². The summed E-state index contributed by atoms with van der Waals surface area (Å²) >= 11 is 0. The second kappa shape index (κ2) is 11.1. The summed E-state index contributed by atoms with van der Waals surface area (Å²) in [5.74, 6) is -4.08. The molecule has 11 heteroatoms. The number of methoxy groups -OCH3 is 2. The Labute approximate surface area is 279 Å². The molecule has 0 amide bonds. The van der Waals surface area contributed by atoms with E-state index >= 15 is 0 Å². The van der Waals surface area contributed by atoms with Crippen LogP contribution in [0.1, 0.15) is 57.8 Å². The highest BCUT2D eigenvalue weighted by Crippen LogP contribution is 2.84. The van der Waals surface area contributed by atoms with Crippen molar-refractivity contribution in [3.05, 3.63) is 60.2 Å². The van der Waals surface area contributed by atoms with Crippen molar-refractivity contribution >= 4 is 23.9 Å². The maximum absolute atomic E-state index is 13.9. The maximum atomic E-state index is 13.9. The topological polar surface area (TPSA) is 133 Å². The SMILES string of the molecule is COC(=O)C(C)[C@H]1CC[C@]23C4O[C@H](OC(=O)c5ccc(-c6ccccc6)cc5)[C@]12O[C@@H]1OC(=O)[C@H](OC)[C@@]13[C@H](C(C)(C)C)[C@H]4OC(C)=O. The summed E-state index contributed by atoms with van der Waals surface area (Å²) in [4.78, 5) is 53.5. The fourth-order valence-corrected chi connectivity index (χ4v) is 10.5. The summed E-state index contributed by atoms with van der Waals surface area (Å²) in [6, 6.07) is 16.8. The zero-order valence-corrected chi connectivity index (χ0v) is 28.2. The molecule has 2 saturated carbocycles. The first-order chi connectivity index (χ1) is 22.8. The third kappa shape index (κ3) is 4.04. The van der Waals surface area contributed by atoms with E-state index in [0.717, 1.165) is 11.1 Å². The second-order valence-corrected chi connectivity index (χ2v) is 14.8. The van der Waals surface area contributed by atoms with Crippen LogP contribution in [0.3, 0.4) is 0 Å². The van der Waals surface area contributed by atoms with Crippen LogP contribution in [0.4, 0.5) is 0 Å². The number of carbonyl (C=O) groups excluding carboxylic acids is 4. The van der Waals surface area contributed by atoms with E-state index < -0.39 is 94.4 Å². The normalized spacial score (nSPS) is 38.1. The largest absolute Gasteiger partial charge is 0.469 e. The number of benzene rings is 2. The summed E-state index contributed by atoms with van der Waals surface area (Å²) in [5, 5.41) is 0. The number of hydrogen-bond acceptors (Lipinski definition) is 11. The van der Waals surface area contributed by atoms with Gasteiger partial charge in [-0.2, -0.15) is 0 Å². The molecule has 0 N–H and O–H groups in total. The van der Waals surface area contributed by atoms with E-state index in [-0.39, 0.29) is 5.56 Å². The molecule has 0 bridgehead atoms. The van der Waals surface area contributed by atoms with Gasteiger partial charge in [0.25, 0.3) is 0 Å². The van der Waals surface area contributed by atoms with Crippen LogP contribution < -0.4 is 0 Å². The first-order valence-corrected chi connectivity index (χ1v) is 16.5. The minimum Gasteiger partial charge on any atom is -0.469 e. The van der Waals surface area contributed by atoms with Crippen molar-refractivity contribution < 1.29 is 52.3 Å². The molecule has 3 aliphatic heterocycles. The molecular formula is C37H42O11. The van der Waals surface area contributed by atoms with E-state index in [1.54, 1.807) is 19.1 Å². The zero-order chi connectivity index (χ0) is 34.4. The molecule has 7 rings (SSSR count). The van der Waals surface area contributed by atoms with Crippen LogP contribution in [0.25, 0.3) is 11.1 Å². The van der Waals surface area contributed by atoms with Gasteiger partial charge in [-0.15, -0.1) is 0 Å². The molecule has 5 fully saturated rings. The first kappa shape index (κ1) is 32.7. The predicted octanol–water partition coefficient (Wildman–Crippen LogP) is 4.70. The summed E-state index contributed by atoms with van der Waals surface area (Å²) in [5.41, 5.74) is -2.18. The number of carbonyl (C=O) groups is 4. The summed E-state index contributed by atoms with van der Waals surface area (Å²) in [6.07, 6.45) is -4.49. The number of rotatable bonds is 7. The van der Waals surface area contributed by atoms with Crippen molar-refractivity contribution in [3.8, 4) is 11.1 Å². The van der Waals surface area contributed by atoms with Crippen molar-refractivity contribution in [1.29, 1.82) is 0 Å². The molecule has 3 heterocycles. The van der Waals surface area contributed by atoms with Crippen molar-refractivity contribution in [2.24, 2.45) is 34.0 Å². The lowest BCUT2D eigenvalue weighted by Gasteiger charge is -2.48. The fraction of sp³-hybridized carbons (Fsp3) is 0.568. The molecular weight excluding hydrogens is 620 g/mol. The summed E-state index contributed by atoms with van der Waals surface area (Å²) in [7, 11) is 2.77. The zero-order valence-electron chi connectivity index (χ0n) is 28.2. The van der Waals surface area contributed by atoms with Crippen LogP contribution in [0, 0.1) is 34.0 Å². The van der Waals surface area contributed by atoms with Gasteiger partial charge in [-0.1, -0.05) is 70.2 Å². The molecule has 2 unspecified atom stereocenters. The molecule has 2 aromatic carbocycles. The third-order valence-electron chi connectivity index (χ3n) is 11.8. The highest BCUT2D eigenvalue weighted by Gasteiger charge is 2.97. The molecule has 0 radical (unpaired) electrons. The van der Waals surface area contributed by atoms with Gasteiger partial charge in [0.2, 0.25) is 12.6 Å². The van der Waals surface area contributed by atoms with E-state index in [0.29, 0.717) is 12.8 Å². The predicted molar refractivity (Wildman–Crippen MR) is 168 cm³/mol. The van der Waals surface area contributed by atoms with Gasteiger partial charge < -0.3 is 33.2 Å². The fourth-order valence-electron chi connectivity index (χ4n) is 10.5. The van der Waals surface area contributed by atoms with Crippen molar-refractivity contribution in [2.75, 3.05) is 14.2 Å². The van der Waals surface area contributed by atoms with Gasteiger partial charge in [-0.25, -0.2) is 9.59 Å². The molecule has 5 aliphatic rings. The van der Waals surface area contributed by atoms with Gasteiger partial charge in [-0.05, 0) is 41.5 Å². The van der Waals surface area contributed by atoms with Crippen LogP contribution in [-0.4, -0.2) is 74.6 Å². The molecule has 48 heavy (non-hydrogen) atoms. The summed E-state index contributed by atoms with van der Waals surface area (Å²) < 4.78 is 43.4. The van der Waals surface area contributed by atoms with Crippen molar-refractivity contribution in [2.45, 2.75) is 84.0 Å². The standard InChI is InChI=1S/C37H42O11/c1-19(29(39)43-7)24-17-18-35-27-25(44-20(2)38)26(34(3,4)5)36(35)28(42-6)31(41)47-32(36)48-37(24,35)33(45-27)46-30(40)23-15-13-22(14-16-23)21-11-9-8-10-12-21/h8-16,19,24-28,32-33H,17-18H2,1-7H3/t19?,24-,25-,26+,27?,28+,32+,33-,35-,36+,37-/m1/s1. The Hall–Kier alpha value is -3.80. The lowest BCUT2D eigenvalue weighted by atomic mass is 9.51. The molecule has 2 aromatic rings. The van der Waals surface area contributed by atoms with Crippen LogP contribution in [0.15, 0.2) is 54.6 Å². The Balaban J connectivity index is 1.37. The lowest BCUT2D eigenvalue weighted by Crippen LogP contribution is -2.61. The van der Waals surface area contributed by atoms with Crippen LogP contribution in [0.5, 0.6) is 0 Å². The smallest absolute Gasteiger partial charge is 0.340 e. The lowest BCUT2D eigenvalue weighted by molar-refractivity contribution is -0.253. The van der Waals surface area contributed by atoms with E-state index in [1.165, 1.54) is 21.1 Å². The van der Waals surface area contributed by atoms with Gasteiger partial charge in [0, 0.05) is 25.9 Å². The maximum Gasteiger partial charge on any atom is 0.340 e. The Morgan fingerprint density at radius 3 is 2.23 bits per heavy atom. The van der Waals surface area contributed by atoms with Gasteiger partial charge in [-0.3, -0.25) is 9.59 Å². The molecule has 11 atom stereocenters. The molecule has 11 nitrogen and oxygen atoms in total. The average molecular weight is 663 g/mol. The molecule has 3 saturated heterocycles. The van der Waals surface area contributed by atoms with Crippen molar-refractivity contribution in [3.63, 3.8) is 0 Å².